The molecule has 1 heterocycles. The molecule has 2 amide bonds. The van der Waals surface area contributed by atoms with Gasteiger partial charge in [-0.15, -0.1) is 0 Å². The first-order chi connectivity index (χ1) is 10.4. The highest BCUT2D eigenvalue weighted by Crippen LogP contribution is 2.06. The summed E-state index contributed by atoms with van der Waals surface area (Å²) in [6.07, 6.45) is 2.76. The van der Waals surface area contributed by atoms with E-state index in [0.29, 0.717) is 18.7 Å². The summed E-state index contributed by atoms with van der Waals surface area (Å²) in [6.45, 7) is 6.59. The Hall–Kier alpha value is -1.76. The molecule has 2 N–H and O–H groups in total. The molecule has 0 fully saturated rings. The molecule has 122 valence electrons. The van der Waals surface area contributed by atoms with Gasteiger partial charge in [0.2, 0.25) is 0 Å². The Morgan fingerprint density at radius 1 is 1.23 bits per heavy atom. The van der Waals surface area contributed by atoms with Gasteiger partial charge in [-0.05, 0) is 32.9 Å². The Morgan fingerprint density at radius 2 is 1.91 bits per heavy atom. The molecular formula is C15H23N3O3S. The quantitative estimate of drug-likeness (QED) is 0.750. The van der Waals surface area contributed by atoms with Crippen molar-refractivity contribution in [1.29, 1.82) is 0 Å². The molecule has 0 unspecified atom stereocenters. The van der Waals surface area contributed by atoms with Gasteiger partial charge in [-0.1, -0.05) is 0 Å². The second-order valence-corrected chi connectivity index (χ2v) is 6.76. The normalized spacial score (nSPS) is 10.9. The van der Waals surface area contributed by atoms with E-state index in [4.69, 9.17) is 4.74 Å². The summed E-state index contributed by atoms with van der Waals surface area (Å²) >= 11 is 1.65. The van der Waals surface area contributed by atoms with E-state index in [9.17, 15) is 9.59 Å². The average molecular weight is 325 g/mol. The van der Waals surface area contributed by atoms with Crippen LogP contribution in [0.15, 0.2) is 24.5 Å². The minimum atomic E-state index is -0.478. The lowest BCUT2D eigenvalue weighted by Gasteiger charge is -2.19. The number of pyridine rings is 1. The van der Waals surface area contributed by atoms with E-state index in [1.54, 1.807) is 30.1 Å². The van der Waals surface area contributed by atoms with E-state index in [2.05, 4.69) is 15.6 Å². The van der Waals surface area contributed by atoms with Crippen LogP contribution in [0.1, 0.15) is 31.1 Å². The van der Waals surface area contributed by atoms with Crippen molar-refractivity contribution in [3.63, 3.8) is 0 Å². The molecular weight excluding hydrogens is 302 g/mol. The highest BCUT2D eigenvalue weighted by atomic mass is 32.2. The number of carbonyl (C=O) groups is 2. The smallest absolute Gasteiger partial charge is 0.407 e. The van der Waals surface area contributed by atoms with Gasteiger partial charge in [0.15, 0.2) is 0 Å². The van der Waals surface area contributed by atoms with Crippen LogP contribution in [0.3, 0.4) is 0 Å². The molecule has 0 radical (unpaired) electrons. The van der Waals surface area contributed by atoms with Crippen LogP contribution in [0.25, 0.3) is 0 Å². The minimum Gasteiger partial charge on any atom is -0.444 e. The lowest BCUT2D eigenvalue weighted by Crippen LogP contribution is -2.33. The molecule has 0 bridgehead atoms. The van der Waals surface area contributed by atoms with E-state index in [1.807, 2.05) is 20.8 Å². The third-order valence-corrected chi connectivity index (χ3v) is 3.36. The van der Waals surface area contributed by atoms with Gasteiger partial charge in [-0.3, -0.25) is 9.78 Å². The first-order valence-electron chi connectivity index (χ1n) is 7.11. The topological polar surface area (TPSA) is 80.3 Å². The highest BCUT2D eigenvalue weighted by Gasteiger charge is 2.15. The molecule has 1 aromatic rings. The first-order valence-corrected chi connectivity index (χ1v) is 8.27. The Morgan fingerprint density at radius 3 is 2.50 bits per heavy atom. The third-order valence-electron chi connectivity index (χ3n) is 2.37. The lowest BCUT2D eigenvalue weighted by atomic mass is 10.2. The number of hydrogen-bond acceptors (Lipinski definition) is 5. The summed E-state index contributed by atoms with van der Waals surface area (Å²) in [7, 11) is 0. The standard InChI is InChI=1S/C15H23N3O3S/c1-15(2,3)21-14(20)18-8-10-22-9-7-17-13(19)12-5-4-6-16-11-12/h4-6,11H,7-10H2,1-3H3,(H,17,19)(H,18,20). The number of thioether (sulfide) groups is 1. The number of ether oxygens (including phenoxy) is 1. The molecule has 0 spiro atoms. The van der Waals surface area contributed by atoms with Crippen LogP contribution in [0.5, 0.6) is 0 Å². The zero-order valence-electron chi connectivity index (χ0n) is 13.2. The van der Waals surface area contributed by atoms with Crippen LogP contribution in [-0.4, -0.2) is 47.2 Å². The van der Waals surface area contributed by atoms with Crippen molar-refractivity contribution in [2.24, 2.45) is 0 Å². The predicted octanol–water partition coefficient (Wildman–Crippen LogP) is 2.07. The predicted molar refractivity (Wildman–Crippen MR) is 88.1 cm³/mol. The minimum absolute atomic E-state index is 0.124. The van der Waals surface area contributed by atoms with Crippen molar-refractivity contribution in [3.05, 3.63) is 30.1 Å². The molecule has 0 aliphatic heterocycles. The summed E-state index contributed by atoms with van der Waals surface area (Å²) in [5, 5.41) is 5.51. The van der Waals surface area contributed by atoms with Crippen molar-refractivity contribution in [3.8, 4) is 0 Å². The van der Waals surface area contributed by atoms with Gasteiger partial charge in [0, 0.05) is 37.0 Å². The molecule has 0 saturated carbocycles. The van der Waals surface area contributed by atoms with E-state index in [0.717, 1.165) is 11.5 Å². The van der Waals surface area contributed by atoms with E-state index in [1.165, 1.54) is 6.20 Å². The highest BCUT2D eigenvalue weighted by molar-refractivity contribution is 7.99. The molecule has 22 heavy (non-hydrogen) atoms. The SMILES string of the molecule is CC(C)(C)OC(=O)NCCSCCNC(=O)c1cccnc1. The Labute approximate surface area is 135 Å². The molecule has 1 rings (SSSR count). The number of nitrogens with one attached hydrogen (secondary N) is 2. The fourth-order valence-electron chi connectivity index (χ4n) is 1.48. The fraction of sp³-hybridized carbons (Fsp3) is 0.533. The number of carbonyl (C=O) groups excluding carboxylic acids is 2. The van der Waals surface area contributed by atoms with Crippen molar-refractivity contribution in [1.82, 2.24) is 15.6 Å². The second kappa shape index (κ2) is 9.30. The summed E-state index contributed by atoms with van der Waals surface area (Å²) in [6, 6.07) is 3.45. The van der Waals surface area contributed by atoms with E-state index in [-0.39, 0.29) is 5.91 Å². The maximum Gasteiger partial charge on any atom is 0.407 e. The lowest BCUT2D eigenvalue weighted by molar-refractivity contribution is 0.0531. The van der Waals surface area contributed by atoms with Gasteiger partial charge in [0.25, 0.3) is 5.91 Å². The first kappa shape index (κ1) is 18.3. The van der Waals surface area contributed by atoms with Crippen LogP contribution in [0.4, 0.5) is 4.79 Å². The zero-order chi connectivity index (χ0) is 16.4. The Balaban J connectivity index is 2.02. The number of hydrogen-bond donors (Lipinski definition) is 2. The van der Waals surface area contributed by atoms with E-state index >= 15 is 0 Å². The largest absolute Gasteiger partial charge is 0.444 e. The van der Waals surface area contributed by atoms with Crippen LogP contribution in [0.2, 0.25) is 0 Å². The summed E-state index contributed by atoms with van der Waals surface area (Å²) in [5.41, 5.74) is 0.0763. The molecule has 0 aliphatic rings. The number of amides is 2. The summed E-state index contributed by atoms with van der Waals surface area (Å²) < 4.78 is 5.12. The molecule has 0 atom stereocenters. The third kappa shape index (κ3) is 8.51. The van der Waals surface area contributed by atoms with Crippen LogP contribution >= 0.6 is 11.8 Å². The van der Waals surface area contributed by atoms with Gasteiger partial charge >= 0.3 is 6.09 Å². The monoisotopic (exact) mass is 325 g/mol. The molecule has 0 saturated heterocycles. The van der Waals surface area contributed by atoms with E-state index < -0.39 is 11.7 Å². The van der Waals surface area contributed by atoms with Gasteiger partial charge in [-0.25, -0.2) is 4.79 Å². The number of alkyl carbamates (subject to hydrolysis) is 1. The van der Waals surface area contributed by atoms with Gasteiger partial charge in [-0.2, -0.15) is 11.8 Å². The molecule has 6 nitrogen and oxygen atoms in total. The molecule has 1 aromatic heterocycles. The summed E-state index contributed by atoms with van der Waals surface area (Å²) in [5.74, 6) is 1.42. The second-order valence-electron chi connectivity index (χ2n) is 5.54. The van der Waals surface area contributed by atoms with Gasteiger partial charge in [0.05, 0.1) is 5.56 Å². The van der Waals surface area contributed by atoms with Crippen molar-refractivity contribution in [2.45, 2.75) is 26.4 Å². The molecule has 7 heteroatoms. The van der Waals surface area contributed by atoms with Crippen molar-refractivity contribution in [2.75, 3.05) is 24.6 Å². The van der Waals surface area contributed by atoms with Crippen LogP contribution in [0, 0.1) is 0 Å². The Bertz CT molecular complexity index is 475. The number of nitrogens with zero attached hydrogens (tertiary/aromatic N) is 1. The summed E-state index contributed by atoms with van der Waals surface area (Å²) in [4.78, 5) is 27.0. The van der Waals surface area contributed by atoms with Crippen molar-refractivity contribution < 1.29 is 14.3 Å². The zero-order valence-corrected chi connectivity index (χ0v) is 14.0. The Kier molecular flexibility index (Phi) is 7.73. The van der Waals surface area contributed by atoms with Gasteiger partial charge in [0.1, 0.15) is 5.60 Å². The fourth-order valence-corrected chi connectivity index (χ4v) is 2.17. The van der Waals surface area contributed by atoms with Crippen molar-refractivity contribution >= 4 is 23.8 Å². The average Bonchev–Trinajstić information content (AvgIpc) is 2.45. The number of rotatable bonds is 7. The van der Waals surface area contributed by atoms with Crippen LogP contribution in [-0.2, 0) is 4.74 Å². The maximum atomic E-state index is 11.7. The molecule has 0 aromatic carbocycles. The van der Waals surface area contributed by atoms with Gasteiger partial charge < -0.3 is 15.4 Å². The maximum absolute atomic E-state index is 11.7. The van der Waals surface area contributed by atoms with Crippen LogP contribution < -0.4 is 10.6 Å². The molecule has 0 aliphatic carbocycles. The number of aromatic nitrogens is 1.